The summed E-state index contributed by atoms with van der Waals surface area (Å²) in [5, 5.41) is 3.81. The third-order valence-corrected chi connectivity index (χ3v) is 5.68. The van der Waals surface area contributed by atoms with Gasteiger partial charge >= 0.3 is 0 Å². The molecule has 7 nitrogen and oxygen atoms in total. The van der Waals surface area contributed by atoms with Crippen LogP contribution in [0.15, 0.2) is 77.7 Å². The minimum atomic E-state index is -0.164. The third-order valence-electron chi connectivity index (χ3n) is 5.68. The number of furan rings is 1. The summed E-state index contributed by atoms with van der Waals surface area (Å²) in [6, 6.07) is 17.1. The first kappa shape index (κ1) is 21.4. The zero-order chi connectivity index (χ0) is 22.5. The number of fused-ring (bicyclic) bond motifs is 1. The average molecular weight is 433 g/mol. The van der Waals surface area contributed by atoms with Gasteiger partial charge in [-0.2, -0.15) is 0 Å². The molecule has 0 spiro atoms. The van der Waals surface area contributed by atoms with Crippen LogP contribution in [0.3, 0.4) is 0 Å². The second-order valence-electron chi connectivity index (χ2n) is 7.84. The van der Waals surface area contributed by atoms with E-state index in [9.17, 15) is 9.59 Å². The van der Waals surface area contributed by atoms with Gasteiger partial charge in [-0.1, -0.05) is 30.3 Å². The smallest absolute Gasteiger partial charge is 0.272 e. The van der Waals surface area contributed by atoms with Crippen LogP contribution >= 0.6 is 0 Å². The van der Waals surface area contributed by atoms with Crippen LogP contribution < -0.4 is 5.32 Å². The minimum Gasteiger partial charge on any atom is -0.463 e. The second kappa shape index (κ2) is 9.51. The molecule has 166 valence electrons. The van der Waals surface area contributed by atoms with Crippen LogP contribution in [-0.4, -0.2) is 45.9 Å². The maximum Gasteiger partial charge on any atom is 0.272 e. The third kappa shape index (κ3) is 4.72. The highest BCUT2D eigenvalue weighted by Crippen LogP contribution is 2.18. The summed E-state index contributed by atoms with van der Waals surface area (Å²) in [6.45, 7) is 0.452. The van der Waals surface area contributed by atoms with Crippen LogP contribution in [0.25, 0.3) is 11.0 Å². The fourth-order valence-corrected chi connectivity index (χ4v) is 3.79. The van der Waals surface area contributed by atoms with E-state index in [-0.39, 0.29) is 19.3 Å². The van der Waals surface area contributed by atoms with E-state index in [1.54, 1.807) is 41.1 Å². The largest absolute Gasteiger partial charge is 0.463 e. The molecule has 4 aromatic rings. The van der Waals surface area contributed by atoms with E-state index in [1.807, 2.05) is 55.7 Å². The van der Waals surface area contributed by atoms with Gasteiger partial charge in [0.1, 0.15) is 11.4 Å². The van der Waals surface area contributed by atoms with Crippen molar-refractivity contribution >= 4 is 22.8 Å². The highest BCUT2D eigenvalue weighted by molar-refractivity contribution is 5.95. The maximum atomic E-state index is 13.2. The van der Waals surface area contributed by atoms with Crippen molar-refractivity contribution in [1.82, 2.24) is 19.8 Å². The monoisotopic (exact) mass is 432 g/mol. The van der Waals surface area contributed by atoms with Gasteiger partial charge in [-0.15, -0.1) is 0 Å². The lowest BCUT2D eigenvalue weighted by atomic mass is 10.0. The van der Waals surface area contributed by atoms with Gasteiger partial charge < -0.3 is 19.2 Å². The zero-order valence-corrected chi connectivity index (χ0v) is 18.2. The average Bonchev–Trinajstić information content (AvgIpc) is 3.46. The van der Waals surface area contributed by atoms with Gasteiger partial charge in [0.15, 0.2) is 5.58 Å². The Hall–Kier alpha value is -3.87. The summed E-state index contributed by atoms with van der Waals surface area (Å²) in [5.74, 6) is -0.292. The van der Waals surface area contributed by atoms with E-state index in [0.717, 1.165) is 10.9 Å². The van der Waals surface area contributed by atoms with Crippen LogP contribution in [0.5, 0.6) is 0 Å². The number of aryl methyl sites for hydroxylation is 1. The number of nitrogens with zero attached hydrogens (tertiary/aromatic N) is 3. The Morgan fingerprint density at radius 1 is 1.19 bits per heavy atom. The molecule has 7 heteroatoms. The van der Waals surface area contributed by atoms with Crippen molar-refractivity contribution in [2.24, 2.45) is 7.05 Å². The predicted molar refractivity (Wildman–Crippen MR) is 125 cm³/mol. The second-order valence-corrected chi connectivity index (χ2v) is 7.84. The highest BCUT2D eigenvalue weighted by Gasteiger charge is 2.23. The van der Waals surface area contributed by atoms with Gasteiger partial charge in [-0.3, -0.25) is 9.59 Å². The number of likely N-dealkylation sites (N-methyl/N-ethyl adjacent to an activating group) is 1. The first-order valence-electron chi connectivity index (χ1n) is 10.6. The number of carbonyl (C=O) groups excluding carboxylic acids is 2. The Labute approximate surface area is 188 Å². The van der Waals surface area contributed by atoms with E-state index < -0.39 is 0 Å². The molecule has 0 saturated carbocycles. The lowest BCUT2D eigenvalue weighted by Gasteiger charge is -2.28. The molecule has 0 bridgehead atoms. The van der Waals surface area contributed by atoms with Crippen molar-refractivity contribution in [2.75, 3.05) is 13.6 Å². The molecule has 4 rings (SSSR count). The fourth-order valence-electron chi connectivity index (χ4n) is 3.79. The first-order chi connectivity index (χ1) is 15.5. The number of hydrogen-bond donors (Lipinski definition) is 1. The molecule has 1 N–H and O–H groups in total. The summed E-state index contributed by atoms with van der Waals surface area (Å²) >= 11 is 0. The van der Waals surface area contributed by atoms with Gasteiger partial charge in [-0.05, 0) is 42.7 Å². The molecule has 0 fully saturated rings. The molecule has 1 atom stereocenters. The van der Waals surface area contributed by atoms with Crippen molar-refractivity contribution in [3.63, 3.8) is 0 Å². The molecule has 1 aromatic carbocycles. The molecule has 0 aliphatic heterocycles. The molecule has 32 heavy (non-hydrogen) atoms. The van der Waals surface area contributed by atoms with Gasteiger partial charge in [-0.25, -0.2) is 4.98 Å². The summed E-state index contributed by atoms with van der Waals surface area (Å²) in [5.41, 5.74) is 2.75. The summed E-state index contributed by atoms with van der Waals surface area (Å²) < 4.78 is 7.11. The fraction of sp³-hybridized carbons (Fsp3) is 0.240. The van der Waals surface area contributed by atoms with Crippen molar-refractivity contribution in [3.05, 3.63) is 90.2 Å². The number of carbonyl (C=O) groups is 2. The maximum absolute atomic E-state index is 13.2. The van der Waals surface area contributed by atoms with E-state index in [1.165, 1.54) is 0 Å². The van der Waals surface area contributed by atoms with E-state index in [4.69, 9.17) is 4.42 Å². The van der Waals surface area contributed by atoms with E-state index >= 15 is 0 Å². The SMILES string of the molecule is CN(C(=O)c1cc2ccoc2cn1)[C@H](CCNC(=O)c1cccn1C)Cc1ccccc1.[HH]. The van der Waals surface area contributed by atoms with Crippen molar-refractivity contribution in [2.45, 2.75) is 18.9 Å². The molecular weight excluding hydrogens is 404 g/mol. The van der Waals surface area contributed by atoms with Gasteiger partial charge in [0.25, 0.3) is 11.8 Å². The summed E-state index contributed by atoms with van der Waals surface area (Å²) in [4.78, 5) is 31.7. The van der Waals surface area contributed by atoms with Crippen molar-refractivity contribution in [3.8, 4) is 0 Å². The molecule has 2 amide bonds. The normalized spacial score (nSPS) is 11.9. The topological polar surface area (TPSA) is 80.4 Å². The summed E-state index contributed by atoms with van der Waals surface area (Å²) in [6.07, 6.45) is 6.28. The van der Waals surface area contributed by atoms with Crippen molar-refractivity contribution < 1.29 is 15.4 Å². The Balaban J connectivity index is 0.00000306. The lowest BCUT2D eigenvalue weighted by molar-refractivity contribution is 0.0717. The minimum absolute atomic E-state index is 0. The zero-order valence-electron chi connectivity index (χ0n) is 18.2. The molecule has 3 heterocycles. The molecule has 0 unspecified atom stereocenters. The molecular formula is C25H28N4O3. The lowest BCUT2D eigenvalue weighted by Crippen LogP contribution is -2.41. The van der Waals surface area contributed by atoms with E-state index in [0.29, 0.717) is 36.4 Å². The van der Waals surface area contributed by atoms with E-state index in [2.05, 4.69) is 10.3 Å². The number of aromatic nitrogens is 2. The van der Waals surface area contributed by atoms with Crippen LogP contribution in [0.1, 0.15) is 34.4 Å². The van der Waals surface area contributed by atoms with Crippen LogP contribution in [0, 0.1) is 0 Å². The molecule has 0 radical (unpaired) electrons. The summed E-state index contributed by atoms with van der Waals surface area (Å²) in [7, 11) is 3.62. The number of hydrogen-bond acceptors (Lipinski definition) is 4. The molecule has 3 aromatic heterocycles. The molecule has 0 aliphatic rings. The Morgan fingerprint density at radius 2 is 2.00 bits per heavy atom. The quantitative estimate of drug-likeness (QED) is 0.458. The number of rotatable bonds is 8. The Bertz CT molecular complexity index is 1220. The van der Waals surface area contributed by atoms with Crippen molar-refractivity contribution in [1.29, 1.82) is 0 Å². The Morgan fingerprint density at radius 3 is 2.75 bits per heavy atom. The number of pyridine rings is 1. The number of nitrogens with one attached hydrogen (secondary N) is 1. The highest BCUT2D eigenvalue weighted by atomic mass is 16.3. The number of amides is 2. The van der Waals surface area contributed by atoms with Crippen LogP contribution in [0.4, 0.5) is 0 Å². The predicted octanol–water partition coefficient (Wildman–Crippen LogP) is 3.92. The standard InChI is InChI=1S/C25H26N4O3.H2/c1-28-13-6-9-22(28)24(30)26-12-10-20(15-18-7-4-3-5-8-18)29(2)25(31)21-16-19-11-14-32-23(19)17-27-21;/h3-9,11,13-14,16-17,20H,10,12,15H2,1-2H3,(H,26,30);1H/t20-;/m1./s1. The Kier molecular flexibility index (Phi) is 6.35. The molecule has 0 aliphatic carbocycles. The van der Waals surface area contributed by atoms with Gasteiger partial charge in [0, 0.05) is 39.7 Å². The van der Waals surface area contributed by atoms with Crippen LogP contribution in [0.2, 0.25) is 0 Å². The van der Waals surface area contributed by atoms with Gasteiger partial charge in [0.2, 0.25) is 0 Å². The van der Waals surface area contributed by atoms with Gasteiger partial charge in [0.05, 0.1) is 12.5 Å². The number of benzene rings is 1. The molecule has 0 saturated heterocycles. The first-order valence-corrected chi connectivity index (χ1v) is 10.6. The van der Waals surface area contributed by atoms with Crippen LogP contribution in [-0.2, 0) is 13.5 Å².